The number of aliphatic imine (C=N–C) groups is 1. The normalized spacial score (nSPS) is 20.9. The van der Waals surface area contributed by atoms with Crippen LogP contribution in [-0.4, -0.2) is 70.2 Å². The number of amidine groups is 1. The molecule has 5 N–H and O–H groups in total. The molecule has 0 radical (unpaired) electrons. The number of alkyl halides is 6. The first kappa shape index (κ1) is 36.9. The van der Waals surface area contributed by atoms with Crippen molar-refractivity contribution < 1.29 is 59.3 Å². The standard InChI is InChI=1S/C20H20ClFN6O2S.2C2HF3O2/c1-19(2)18(23)27-20(3,10-31(19,24)29)13-6-11(4-5-14(13)22)16-7-15(28-30-16)17-25-8-12(21)9-26-17;2*3-2(4,5)1(6)7/h4-9,24H,10H2,1-3H3,(H2,23,27);2*(H,6,7)/t20-,31?;;/m0../s1. The van der Waals surface area contributed by atoms with Gasteiger partial charge in [0, 0.05) is 29.6 Å². The Balaban J connectivity index is 0.000000421. The molecule has 3 aromatic rings. The van der Waals surface area contributed by atoms with E-state index in [1.54, 1.807) is 32.9 Å². The SMILES string of the molecule is CC1(C)C(N)=N[C@](C)(c2cc(-c3cc(-c4ncc(Cl)cn4)no3)ccc2F)CS1(=N)=O.O=C(O)C(F)(F)F.O=C(O)C(F)(F)F. The molecule has 1 unspecified atom stereocenters. The summed E-state index contributed by atoms with van der Waals surface area (Å²) >= 11 is 5.81. The average Bonchev–Trinajstić information content (AvgIpc) is 3.38. The summed E-state index contributed by atoms with van der Waals surface area (Å²) in [6.07, 6.45) is -7.28. The highest BCUT2D eigenvalue weighted by atomic mass is 35.5. The molecule has 1 aromatic carbocycles. The van der Waals surface area contributed by atoms with E-state index in [2.05, 4.69) is 20.1 Å². The highest BCUT2D eigenvalue weighted by Crippen LogP contribution is 2.39. The maximum atomic E-state index is 14.9. The van der Waals surface area contributed by atoms with E-state index in [9.17, 15) is 34.9 Å². The monoisotopic (exact) mass is 690 g/mol. The number of nitrogens with zero attached hydrogens (tertiary/aromatic N) is 4. The lowest BCUT2D eigenvalue weighted by Crippen LogP contribution is -2.54. The van der Waals surface area contributed by atoms with Crippen LogP contribution in [0.4, 0.5) is 30.7 Å². The zero-order valence-corrected chi connectivity index (χ0v) is 24.6. The van der Waals surface area contributed by atoms with Crippen LogP contribution in [0.15, 0.2) is 46.2 Å². The van der Waals surface area contributed by atoms with Gasteiger partial charge in [-0.2, -0.15) is 26.3 Å². The first-order valence-electron chi connectivity index (χ1n) is 11.8. The van der Waals surface area contributed by atoms with Gasteiger partial charge in [0.2, 0.25) is 0 Å². The van der Waals surface area contributed by atoms with Gasteiger partial charge in [0.15, 0.2) is 17.3 Å². The number of rotatable bonds is 3. The van der Waals surface area contributed by atoms with Gasteiger partial charge in [-0.3, -0.25) is 9.77 Å². The van der Waals surface area contributed by atoms with Crippen LogP contribution in [-0.2, 0) is 24.9 Å². The zero-order chi connectivity index (χ0) is 34.8. The fraction of sp³-hybridized carbons (Fsp3) is 0.333. The van der Waals surface area contributed by atoms with Crippen LogP contribution < -0.4 is 5.73 Å². The summed E-state index contributed by atoms with van der Waals surface area (Å²) in [5.41, 5.74) is 5.88. The molecule has 4 rings (SSSR count). The number of nitrogens with two attached hydrogens (primary N) is 1. The van der Waals surface area contributed by atoms with Crippen LogP contribution >= 0.6 is 11.6 Å². The topological polar surface area (TPSA) is 206 Å². The number of carboxylic acids is 2. The van der Waals surface area contributed by atoms with Crippen molar-refractivity contribution in [3.05, 3.63) is 53.1 Å². The minimum absolute atomic E-state index is 0.0629. The van der Waals surface area contributed by atoms with Gasteiger partial charge in [-0.05, 0) is 39.0 Å². The Morgan fingerprint density at radius 2 is 1.51 bits per heavy atom. The van der Waals surface area contributed by atoms with Gasteiger partial charge in [-0.1, -0.05) is 16.8 Å². The van der Waals surface area contributed by atoms with Crippen molar-refractivity contribution in [2.24, 2.45) is 10.7 Å². The summed E-state index contributed by atoms with van der Waals surface area (Å²) in [7, 11) is -3.18. The number of carboxylic acid groups (broad SMARTS) is 2. The molecule has 0 amide bonds. The third-order valence-electron chi connectivity index (χ3n) is 5.97. The number of halogens is 8. The highest BCUT2D eigenvalue weighted by Gasteiger charge is 2.47. The first-order valence-corrected chi connectivity index (χ1v) is 13.9. The lowest BCUT2D eigenvalue weighted by molar-refractivity contribution is -0.193. The van der Waals surface area contributed by atoms with Crippen LogP contribution in [0, 0.1) is 10.6 Å². The molecule has 0 saturated carbocycles. The van der Waals surface area contributed by atoms with E-state index in [0.29, 0.717) is 27.9 Å². The van der Waals surface area contributed by atoms with Gasteiger partial charge in [-0.15, -0.1) is 0 Å². The third-order valence-corrected chi connectivity index (χ3v) is 8.99. The number of aromatic nitrogens is 3. The smallest absolute Gasteiger partial charge is 0.475 e. The van der Waals surface area contributed by atoms with Crippen LogP contribution in [0.25, 0.3) is 22.8 Å². The second kappa shape index (κ2) is 13.0. The maximum absolute atomic E-state index is 14.9. The second-order valence-electron chi connectivity index (χ2n) is 9.70. The number of nitrogens with one attached hydrogen (secondary N) is 1. The fourth-order valence-electron chi connectivity index (χ4n) is 3.37. The van der Waals surface area contributed by atoms with Gasteiger partial charge in [0.25, 0.3) is 0 Å². The van der Waals surface area contributed by atoms with Crippen LogP contribution in [0.2, 0.25) is 5.02 Å². The van der Waals surface area contributed by atoms with Gasteiger partial charge >= 0.3 is 24.3 Å². The third kappa shape index (κ3) is 8.87. The van der Waals surface area contributed by atoms with E-state index in [1.165, 1.54) is 24.5 Å². The summed E-state index contributed by atoms with van der Waals surface area (Å²) in [5, 5.41) is 18.6. The molecular formula is C24H22ClF7N6O6S. The van der Waals surface area contributed by atoms with E-state index in [4.69, 9.17) is 46.4 Å². The molecule has 12 nitrogen and oxygen atoms in total. The molecule has 1 aliphatic heterocycles. The molecule has 0 saturated heterocycles. The zero-order valence-electron chi connectivity index (χ0n) is 23.0. The molecule has 246 valence electrons. The number of aliphatic carboxylic acids is 2. The Kier molecular flexibility index (Phi) is 10.6. The molecule has 0 aliphatic carbocycles. The Morgan fingerprint density at radius 1 is 1.02 bits per heavy atom. The van der Waals surface area contributed by atoms with E-state index in [1.807, 2.05) is 0 Å². The van der Waals surface area contributed by atoms with Crippen LogP contribution in [0.5, 0.6) is 0 Å². The minimum Gasteiger partial charge on any atom is -0.475 e. The fourth-order valence-corrected chi connectivity index (χ4v) is 5.22. The molecule has 45 heavy (non-hydrogen) atoms. The Labute approximate surface area is 254 Å². The summed E-state index contributed by atoms with van der Waals surface area (Å²) in [5.74, 6) is -5.46. The Bertz CT molecular complexity index is 1690. The maximum Gasteiger partial charge on any atom is 0.490 e. The summed E-state index contributed by atoms with van der Waals surface area (Å²) in [6, 6.07) is 5.98. The molecule has 3 heterocycles. The molecule has 1 aliphatic rings. The molecular weight excluding hydrogens is 669 g/mol. The van der Waals surface area contributed by atoms with E-state index >= 15 is 0 Å². The average molecular weight is 691 g/mol. The number of hydrogen-bond donors (Lipinski definition) is 4. The van der Waals surface area contributed by atoms with Crippen molar-refractivity contribution in [2.75, 3.05) is 5.75 Å². The number of hydrogen-bond acceptors (Lipinski definition) is 10. The minimum atomic E-state index is -5.08. The molecule has 2 aromatic heterocycles. The molecule has 0 spiro atoms. The number of carbonyl (C=O) groups is 2. The highest BCUT2D eigenvalue weighted by molar-refractivity contribution is 7.94. The second-order valence-corrected chi connectivity index (χ2v) is 12.8. The Hall–Kier alpha value is -4.33. The van der Waals surface area contributed by atoms with Crippen molar-refractivity contribution in [1.82, 2.24) is 15.1 Å². The Morgan fingerprint density at radius 3 is 1.96 bits per heavy atom. The summed E-state index contributed by atoms with van der Waals surface area (Å²) < 4.78 is 104. The van der Waals surface area contributed by atoms with E-state index < -0.39 is 50.1 Å². The van der Waals surface area contributed by atoms with E-state index in [0.717, 1.165) is 0 Å². The molecule has 0 bridgehead atoms. The predicted octanol–water partition coefficient (Wildman–Crippen LogP) is 5.27. The van der Waals surface area contributed by atoms with Gasteiger partial charge in [0.1, 0.15) is 21.9 Å². The van der Waals surface area contributed by atoms with Gasteiger partial charge in [-0.25, -0.2) is 28.2 Å². The summed E-state index contributed by atoms with van der Waals surface area (Å²) in [6.45, 7) is 4.85. The molecule has 0 fully saturated rings. The van der Waals surface area contributed by atoms with E-state index in [-0.39, 0.29) is 17.2 Å². The van der Waals surface area contributed by atoms with Gasteiger partial charge in [0.05, 0.1) is 20.5 Å². The number of benzene rings is 1. The van der Waals surface area contributed by atoms with Crippen molar-refractivity contribution >= 4 is 39.1 Å². The van der Waals surface area contributed by atoms with Crippen molar-refractivity contribution in [3.8, 4) is 22.8 Å². The van der Waals surface area contributed by atoms with Crippen molar-refractivity contribution in [1.29, 1.82) is 4.78 Å². The molecule has 21 heteroatoms. The quantitative estimate of drug-likeness (QED) is 0.262. The largest absolute Gasteiger partial charge is 0.490 e. The van der Waals surface area contributed by atoms with Gasteiger partial charge < -0.3 is 20.5 Å². The van der Waals surface area contributed by atoms with Crippen LogP contribution in [0.1, 0.15) is 26.3 Å². The summed E-state index contributed by atoms with van der Waals surface area (Å²) in [4.78, 5) is 30.5. The lowest BCUT2D eigenvalue weighted by atomic mass is 9.91. The predicted molar refractivity (Wildman–Crippen MR) is 144 cm³/mol. The van der Waals surface area contributed by atoms with Crippen molar-refractivity contribution in [3.63, 3.8) is 0 Å². The first-order chi connectivity index (χ1) is 20.3. The van der Waals surface area contributed by atoms with Crippen molar-refractivity contribution in [2.45, 2.75) is 43.4 Å². The molecule has 2 atom stereocenters. The van der Waals surface area contributed by atoms with Crippen LogP contribution in [0.3, 0.4) is 0 Å². The lowest BCUT2D eigenvalue weighted by Gasteiger charge is -2.39.